The van der Waals surface area contributed by atoms with Gasteiger partial charge in [0.1, 0.15) is 11.6 Å². The molecule has 1 saturated carbocycles. The molecule has 1 N–H and O–H groups in total. The van der Waals surface area contributed by atoms with Crippen LogP contribution in [0.5, 0.6) is 0 Å². The quantitative estimate of drug-likeness (QED) is 0.673. The number of anilines is 1. The fourth-order valence-electron chi connectivity index (χ4n) is 2.36. The van der Waals surface area contributed by atoms with Crippen molar-refractivity contribution in [3.05, 3.63) is 69.8 Å². The van der Waals surface area contributed by atoms with Gasteiger partial charge in [-0.1, -0.05) is 6.07 Å². The van der Waals surface area contributed by atoms with Gasteiger partial charge in [0.15, 0.2) is 5.56 Å². The van der Waals surface area contributed by atoms with Crippen molar-refractivity contribution in [1.82, 2.24) is 5.43 Å². The Labute approximate surface area is 135 Å². The first-order valence-electron chi connectivity index (χ1n) is 7.26. The minimum atomic E-state index is -0.975. The van der Waals surface area contributed by atoms with Crippen LogP contribution >= 0.6 is 0 Å². The van der Waals surface area contributed by atoms with Crippen LogP contribution in [0, 0.1) is 21.7 Å². The van der Waals surface area contributed by atoms with E-state index in [0.717, 1.165) is 25.0 Å². The average molecular weight is 333 g/mol. The van der Waals surface area contributed by atoms with Crippen LogP contribution in [0.3, 0.4) is 0 Å². The molecule has 0 atom stereocenters. The monoisotopic (exact) mass is 333 g/mol. The van der Waals surface area contributed by atoms with E-state index in [2.05, 4.69) is 5.43 Å². The highest BCUT2D eigenvalue weighted by Crippen LogP contribution is 2.31. The van der Waals surface area contributed by atoms with E-state index in [4.69, 9.17) is 0 Å². The second kappa shape index (κ2) is 6.23. The Morgan fingerprint density at radius 2 is 1.83 bits per heavy atom. The largest absolute Gasteiger partial charge is 0.285 e. The van der Waals surface area contributed by atoms with E-state index >= 15 is 0 Å². The van der Waals surface area contributed by atoms with Gasteiger partial charge >= 0.3 is 0 Å². The molecule has 0 saturated heterocycles. The van der Waals surface area contributed by atoms with E-state index in [1.165, 1.54) is 35.3 Å². The molecule has 0 unspecified atom stereocenters. The van der Waals surface area contributed by atoms with Crippen LogP contribution in [-0.4, -0.2) is 16.9 Å². The minimum Gasteiger partial charge on any atom is -0.282 e. The third-order valence-corrected chi connectivity index (χ3v) is 3.65. The second-order valence-electron chi connectivity index (χ2n) is 5.41. The summed E-state index contributed by atoms with van der Waals surface area (Å²) in [6.07, 6.45) is 1.61. The highest BCUT2D eigenvalue weighted by Gasteiger charge is 2.33. The number of nitro groups is 1. The summed E-state index contributed by atoms with van der Waals surface area (Å²) in [4.78, 5) is 22.6. The third kappa shape index (κ3) is 3.17. The predicted molar refractivity (Wildman–Crippen MR) is 82.4 cm³/mol. The molecular weight excluding hydrogens is 320 g/mol. The van der Waals surface area contributed by atoms with Gasteiger partial charge in [0.25, 0.3) is 11.6 Å². The maximum atomic E-state index is 14.0. The molecule has 1 aliphatic carbocycles. The maximum Gasteiger partial charge on any atom is 0.285 e. The number of rotatable bonds is 5. The van der Waals surface area contributed by atoms with E-state index in [-0.39, 0.29) is 6.04 Å². The Balaban J connectivity index is 1.90. The van der Waals surface area contributed by atoms with Crippen LogP contribution in [-0.2, 0) is 0 Å². The van der Waals surface area contributed by atoms with Crippen LogP contribution in [0.15, 0.2) is 42.5 Å². The molecule has 124 valence electrons. The SMILES string of the molecule is O=C(NN(c1ccc(F)cc1)C1CC1)c1c(F)cccc1[N+](=O)[O-]. The normalized spacial score (nSPS) is 13.4. The van der Waals surface area contributed by atoms with E-state index < -0.39 is 33.7 Å². The lowest BCUT2D eigenvalue weighted by molar-refractivity contribution is -0.385. The molecule has 0 spiro atoms. The Morgan fingerprint density at radius 1 is 1.17 bits per heavy atom. The molecule has 2 aromatic carbocycles. The lowest BCUT2D eigenvalue weighted by Gasteiger charge is -2.25. The zero-order chi connectivity index (χ0) is 17.3. The van der Waals surface area contributed by atoms with Gasteiger partial charge in [0, 0.05) is 6.07 Å². The highest BCUT2D eigenvalue weighted by atomic mass is 19.1. The van der Waals surface area contributed by atoms with Gasteiger partial charge < -0.3 is 0 Å². The van der Waals surface area contributed by atoms with Crippen LogP contribution in [0.4, 0.5) is 20.2 Å². The zero-order valence-electron chi connectivity index (χ0n) is 12.4. The van der Waals surface area contributed by atoms with Gasteiger partial charge in [-0.15, -0.1) is 0 Å². The summed E-state index contributed by atoms with van der Waals surface area (Å²) in [6.45, 7) is 0. The summed E-state index contributed by atoms with van der Waals surface area (Å²) in [6, 6.07) is 8.64. The van der Waals surface area contributed by atoms with Crippen LogP contribution in [0.2, 0.25) is 0 Å². The van der Waals surface area contributed by atoms with Crippen molar-refractivity contribution in [2.45, 2.75) is 18.9 Å². The van der Waals surface area contributed by atoms with E-state index in [9.17, 15) is 23.7 Å². The number of nitro benzene ring substituents is 1. The lowest BCUT2D eigenvalue weighted by atomic mass is 10.1. The Hall–Kier alpha value is -3.03. The summed E-state index contributed by atoms with van der Waals surface area (Å²) in [5.41, 5.74) is 1.78. The van der Waals surface area contributed by atoms with E-state index in [0.29, 0.717) is 5.69 Å². The molecule has 0 radical (unpaired) electrons. The van der Waals surface area contributed by atoms with Crippen molar-refractivity contribution in [3.63, 3.8) is 0 Å². The fraction of sp³-hybridized carbons (Fsp3) is 0.188. The number of hydrazine groups is 1. The van der Waals surface area contributed by atoms with Crippen molar-refractivity contribution in [2.24, 2.45) is 0 Å². The van der Waals surface area contributed by atoms with Gasteiger partial charge in [-0.3, -0.25) is 25.3 Å². The lowest BCUT2D eigenvalue weighted by Crippen LogP contribution is -2.44. The number of nitrogens with zero attached hydrogens (tertiary/aromatic N) is 2. The van der Waals surface area contributed by atoms with Crippen molar-refractivity contribution in [3.8, 4) is 0 Å². The topological polar surface area (TPSA) is 75.5 Å². The zero-order valence-corrected chi connectivity index (χ0v) is 12.4. The summed E-state index contributed by atoms with van der Waals surface area (Å²) >= 11 is 0. The summed E-state index contributed by atoms with van der Waals surface area (Å²) in [5.74, 6) is -2.32. The number of carbonyl (C=O) groups is 1. The van der Waals surface area contributed by atoms with Gasteiger partial charge in [-0.05, 0) is 43.2 Å². The summed E-state index contributed by atoms with van der Waals surface area (Å²) in [7, 11) is 0. The highest BCUT2D eigenvalue weighted by molar-refractivity contribution is 5.99. The molecule has 24 heavy (non-hydrogen) atoms. The van der Waals surface area contributed by atoms with Gasteiger partial charge in [0.2, 0.25) is 0 Å². The number of nitrogens with one attached hydrogen (secondary N) is 1. The third-order valence-electron chi connectivity index (χ3n) is 3.65. The minimum absolute atomic E-state index is 0.00904. The molecule has 1 aliphatic rings. The van der Waals surface area contributed by atoms with Gasteiger partial charge in [0.05, 0.1) is 16.7 Å². The molecule has 2 aromatic rings. The number of amides is 1. The molecule has 0 aromatic heterocycles. The first kappa shape index (κ1) is 15.9. The number of halogens is 2. The summed E-state index contributed by atoms with van der Waals surface area (Å²) < 4.78 is 27.0. The molecule has 6 nitrogen and oxygen atoms in total. The Morgan fingerprint density at radius 3 is 2.42 bits per heavy atom. The van der Waals surface area contributed by atoms with Gasteiger partial charge in [-0.25, -0.2) is 8.78 Å². The Bertz CT molecular complexity index is 792. The second-order valence-corrected chi connectivity index (χ2v) is 5.41. The Kier molecular flexibility index (Phi) is 4.11. The molecule has 1 fully saturated rings. The maximum absolute atomic E-state index is 14.0. The van der Waals surface area contributed by atoms with Crippen molar-refractivity contribution in [1.29, 1.82) is 0 Å². The summed E-state index contributed by atoms with van der Waals surface area (Å²) in [5, 5.41) is 12.5. The van der Waals surface area contributed by atoms with Crippen LogP contribution < -0.4 is 10.4 Å². The molecule has 1 amide bonds. The van der Waals surface area contributed by atoms with Crippen LogP contribution in [0.1, 0.15) is 23.2 Å². The standard InChI is InChI=1S/C16H13F2N3O3/c17-10-4-6-11(7-5-10)20(12-8-9-12)19-16(22)15-13(18)2-1-3-14(15)21(23)24/h1-7,12H,8-9H2,(H,19,22). The number of hydrogen-bond acceptors (Lipinski definition) is 4. The van der Waals surface area contributed by atoms with Gasteiger partial charge in [-0.2, -0.15) is 0 Å². The van der Waals surface area contributed by atoms with Crippen LogP contribution in [0.25, 0.3) is 0 Å². The molecule has 0 heterocycles. The fourth-order valence-corrected chi connectivity index (χ4v) is 2.36. The number of hydrogen-bond donors (Lipinski definition) is 1. The van der Waals surface area contributed by atoms with E-state index in [1.54, 1.807) is 0 Å². The molecule has 3 rings (SSSR count). The predicted octanol–water partition coefficient (Wildman–Crippen LogP) is 3.19. The molecule has 0 bridgehead atoms. The molecule has 8 heteroatoms. The molecule has 0 aliphatic heterocycles. The van der Waals surface area contributed by atoms with E-state index in [1.807, 2.05) is 0 Å². The number of benzene rings is 2. The van der Waals surface area contributed by atoms with Crippen molar-refractivity contribution < 1.29 is 18.5 Å². The molecular formula is C16H13F2N3O3. The van der Waals surface area contributed by atoms with Crippen molar-refractivity contribution in [2.75, 3.05) is 5.01 Å². The first-order chi connectivity index (χ1) is 11.5. The smallest absolute Gasteiger partial charge is 0.282 e. The first-order valence-corrected chi connectivity index (χ1v) is 7.26. The van der Waals surface area contributed by atoms with Crippen molar-refractivity contribution >= 4 is 17.3 Å². The number of carbonyl (C=O) groups excluding carboxylic acids is 1. The average Bonchev–Trinajstić information content (AvgIpc) is 3.37.